The number of ether oxygens (including phenoxy) is 1. The van der Waals surface area contributed by atoms with E-state index in [0.29, 0.717) is 6.61 Å². The summed E-state index contributed by atoms with van der Waals surface area (Å²) in [6.07, 6.45) is 2.92. The molecule has 1 atom stereocenters. The third-order valence-electron chi connectivity index (χ3n) is 3.36. The lowest BCUT2D eigenvalue weighted by Crippen LogP contribution is -2.22. The van der Waals surface area contributed by atoms with Crippen LogP contribution in [-0.4, -0.2) is 23.4 Å². The Morgan fingerprint density at radius 3 is 2.57 bits per heavy atom. The van der Waals surface area contributed by atoms with Gasteiger partial charge in [0, 0.05) is 6.54 Å². The number of hydrogen-bond donors (Lipinski definition) is 1. The Hall–Kier alpha value is -1.33. The summed E-state index contributed by atoms with van der Waals surface area (Å²) < 4.78 is 8.59. The molecule has 0 radical (unpaired) electrons. The molecule has 5 heteroatoms. The van der Waals surface area contributed by atoms with E-state index in [1.165, 1.54) is 5.56 Å². The predicted molar refractivity (Wildman–Crippen MR) is 88.7 cm³/mol. The van der Waals surface area contributed by atoms with Gasteiger partial charge in [0.25, 0.3) is 0 Å². The number of rotatable bonds is 7. The topological polar surface area (TPSA) is 39.1 Å². The molecule has 0 saturated heterocycles. The molecule has 1 aromatic heterocycles. The van der Waals surface area contributed by atoms with Crippen molar-refractivity contribution in [2.24, 2.45) is 0 Å². The van der Waals surface area contributed by atoms with Crippen LogP contribution >= 0.6 is 15.9 Å². The van der Waals surface area contributed by atoms with Gasteiger partial charge in [0.2, 0.25) is 0 Å². The number of nitrogens with zero attached hydrogens (tertiary/aromatic N) is 2. The predicted octanol–water partition coefficient (Wildman–Crippen LogP) is 3.76. The van der Waals surface area contributed by atoms with Gasteiger partial charge < -0.3 is 10.1 Å². The van der Waals surface area contributed by atoms with Crippen LogP contribution in [0.4, 0.5) is 0 Å². The van der Waals surface area contributed by atoms with E-state index in [2.05, 4.69) is 50.1 Å². The molecule has 1 unspecified atom stereocenters. The maximum Gasteiger partial charge on any atom is 0.119 e. The highest BCUT2D eigenvalue weighted by molar-refractivity contribution is 9.10. The minimum Gasteiger partial charge on any atom is -0.494 e. The first kappa shape index (κ1) is 16.0. The van der Waals surface area contributed by atoms with Crippen molar-refractivity contribution < 1.29 is 4.74 Å². The molecule has 0 aliphatic carbocycles. The number of benzene rings is 1. The maximum atomic E-state index is 5.50. The fourth-order valence-electron chi connectivity index (χ4n) is 2.43. The molecule has 0 amide bonds. The second-order valence-electron chi connectivity index (χ2n) is 4.82. The minimum absolute atomic E-state index is 0.101. The largest absolute Gasteiger partial charge is 0.494 e. The molecular weight excluding hydrogens is 330 g/mol. The van der Waals surface area contributed by atoms with E-state index in [1.807, 2.05) is 32.3 Å². The summed E-state index contributed by atoms with van der Waals surface area (Å²) in [6.45, 7) is 5.75. The Kier molecular flexibility index (Phi) is 5.82. The zero-order valence-corrected chi connectivity index (χ0v) is 14.4. The Bertz CT molecular complexity index is 565. The normalized spacial score (nSPS) is 12.4. The average Bonchev–Trinajstić information content (AvgIpc) is 2.84. The van der Waals surface area contributed by atoms with E-state index >= 15 is 0 Å². The molecule has 1 aromatic carbocycles. The fourth-order valence-corrected chi connectivity index (χ4v) is 2.96. The van der Waals surface area contributed by atoms with E-state index < -0.39 is 0 Å². The highest BCUT2D eigenvalue weighted by atomic mass is 79.9. The number of nitrogens with one attached hydrogen (secondary N) is 1. The maximum absolute atomic E-state index is 5.50. The van der Waals surface area contributed by atoms with Crippen molar-refractivity contribution >= 4 is 15.9 Å². The van der Waals surface area contributed by atoms with Crippen LogP contribution in [0.1, 0.15) is 37.6 Å². The summed E-state index contributed by atoms with van der Waals surface area (Å²) >= 11 is 3.62. The summed E-state index contributed by atoms with van der Waals surface area (Å²) in [5.41, 5.74) is 2.35. The Morgan fingerprint density at radius 1 is 1.29 bits per heavy atom. The molecule has 21 heavy (non-hydrogen) atoms. The summed E-state index contributed by atoms with van der Waals surface area (Å²) in [6, 6.07) is 8.32. The van der Waals surface area contributed by atoms with Crippen LogP contribution < -0.4 is 10.1 Å². The van der Waals surface area contributed by atoms with E-state index in [9.17, 15) is 0 Å². The molecule has 0 spiro atoms. The summed E-state index contributed by atoms with van der Waals surface area (Å²) in [5.74, 6) is 0.900. The Morgan fingerprint density at radius 2 is 2.00 bits per heavy atom. The smallest absolute Gasteiger partial charge is 0.119 e. The fraction of sp³-hybridized carbons (Fsp3) is 0.438. The van der Waals surface area contributed by atoms with Crippen molar-refractivity contribution in [3.05, 3.63) is 46.2 Å². The molecule has 2 aromatic rings. The zero-order chi connectivity index (χ0) is 15.2. The highest BCUT2D eigenvalue weighted by Gasteiger charge is 2.20. The lowest BCUT2D eigenvalue weighted by molar-refractivity contribution is 0.340. The van der Waals surface area contributed by atoms with Gasteiger partial charge in [0.05, 0.1) is 29.0 Å². The molecular formula is C16H22BrN3O. The van der Waals surface area contributed by atoms with Gasteiger partial charge in [-0.25, -0.2) is 0 Å². The average molecular weight is 352 g/mol. The molecule has 114 valence electrons. The molecule has 0 fully saturated rings. The van der Waals surface area contributed by atoms with E-state index in [4.69, 9.17) is 4.74 Å². The van der Waals surface area contributed by atoms with Gasteiger partial charge in [0.1, 0.15) is 5.75 Å². The van der Waals surface area contributed by atoms with Gasteiger partial charge in [-0.3, -0.25) is 4.68 Å². The quantitative estimate of drug-likeness (QED) is 0.825. The van der Waals surface area contributed by atoms with Crippen LogP contribution in [0.15, 0.2) is 34.9 Å². The van der Waals surface area contributed by atoms with Crippen molar-refractivity contribution in [3.8, 4) is 5.75 Å². The second kappa shape index (κ2) is 7.61. The molecule has 2 rings (SSSR count). The third kappa shape index (κ3) is 3.66. The van der Waals surface area contributed by atoms with Crippen molar-refractivity contribution in [1.82, 2.24) is 15.1 Å². The van der Waals surface area contributed by atoms with Crippen LogP contribution in [-0.2, 0) is 6.54 Å². The van der Waals surface area contributed by atoms with Crippen molar-refractivity contribution in [2.75, 3.05) is 13.7 Å². The van der Waals surface area contributed by atoms with E-state index in [0.717, 1.165) is 28.9 Å². The molecule has 1 heterocycles. The monoisotopic (exact) mass is 351 g/mol. The van der Waals surface area contributed by atoms with Crippen LogP contribution in [0.3, 0.4) is 0 Å². The number of halogens is 1. The highest BCUT2D eigenvalue weighted by Crippen LogP contribution is 2.29. The van der Waals surface area contributed by atoms with Gasteiger partial charge in [-0.2, -0.15) is 5.10 Å². The molecule has 4 nitrogen and oxygen atoms in total. The number of aromatic nitrogens is 2. The van der Waals surface area contributed by atoms with Crippen molar-refractivity contribution in [2.45, 2.75) is 32.9 Å². The lowest BCUT2D eigenvalue weighted by atomic mass is 10.0. The van der Waals surface area contributed by atoms with Gasteiger partial charge in [-0.05, 0) is 54.0 Å². The molecule has 0 bridgehead atoms. The van der Waals surface area contributed by atoms with Crippen LogP contribution in [0.2, 0.25) is 0 Å². The minimum atomic E-state index is 0.101. The summed E-state index contributed by atoms with van der Waals surface area (Å²) in [4.78, 5) is 0. The lowest BCUT2D eigenvalue weighted by Gasteiger charge is -2.19. The van der Waals surface area contributed by atoms with Crippen molar-refractivity contribution in [3.63, 3.8) is 0 Å². The summed E-state index contributed by atoms with van der Waals surface area (Å²) in [7, 11) is 1.97. The van der Waals surface area contributed by atoms with Crippen molar-refractivity contribution in [1.29, 1.82) is 0 Å². The zero-order valence-electron chi connectivity index (χ0n) is 12.8. The third-order valence-corrected chi connectivity index (χ3v) is 3.97. The number of hydrogen-bond acceptors (Lipinski definition) is 3. The van der Waals surface area contributed by atoms with Gasteiger partial charge in [-0.1, -0.05) is 19.1 Å². The molecule has 0 aliphatic rings. The standard InChI is InChI=1S/C16H22BrN3O/c1-4-10-20-16(14(17)11-19-20)15(18-3)12-6-8-13(9-7-12)21-5-2/h6-9,11,15,18H,4-5,10H2,1-3H3. The first-order valence-corrected chi connectivity index (χ1v) is 8.11. The van der Waals surface area contributed by atoms with Gasteiger partial charge in [-0.15, -0.1) is 0 Å². The first-order valence-electron chi connectivity index (χ1n) is 7.32. The molecule has 1 N–H and O–H groups in total. The first-order chi connectivity index (χ1) is 10.2. The van der Waals surface area contributed by atoms with E-state index in [1.54, 1.807) is 0 Å². The number of aryl methyl sites for hydroxylation is 1. The van der Waals surface area contributed by atoms with Gasteiger partial charge >= 0.3 is 0 Å². The Labute approximate surface area is 134 Å². The van der Waals surface area contributed by atoms with E-state index in [-0.39, 0.29) is 6.04 Å². The van der Waals surface area contributed by atoms with Crippen LogP contribution in [0.25, 0.3) is 0 Å². The SMILES string of the molecule is CCCn1ncc(Br)c1C(NC)c1ccc(OCC)cc1. The Balaban J connectivity index is 2.32. The van der Waals surface area contributed by atoms with Crippen LogP contribution in [0, 0.1) is 0 Å². The molecule has 0 saturated carbocycles. The molecule has 0 aliphatic heterocycles. The summed E-state index contributed by atoms with van der Waals surface area (Å²) in [5, 5.41) is 7.83. The second-order valence-corrected chi connectivity index (χ2v) is 5.68. The van der Waals surface area contributed by atoms with Gasteiger partial charge in [0.15, 0.2) is 0 Å². The van der Waals surface area contributed by atoms with Crippen LogP contribution in [0.5, 0.6) is 5.75 Å².